The largest absolute Gasteiger partial charge is 0.330 e. The van der Waals surface area contributed by atoms with Gasteiger partial charge in [-0.05, 0) is 45.7 Å². The molecule has 0 radical (unpaired) electrons. The Morgan fingerprint density at radius 1 is 1.40 bits per heavy atom. The maximum atomic E-state index is 8.91. The first-order valence-corrected chi connectivity index (χ1v) is 5.12. The molecule has 0 spiro atoms. The second kappa shape index (κ2) is 7.03. The SMILES string of the molecule is C=C(C)C/C(C)=C\C(C)=C(\C#N)CCN. The smallest absolute Gasteiger partial charge is 0.0950 e. The van der Waals surface area contributed by atoms with E-state index in [1.807, 2.05) is 19.9 Å². The Morgan fingerprint density at radius 2 is 2.00 bits per heavy atom. The van der Waals surface area contributed by atoms with Crippen molar-refractivity contribution in [2.45, 2.75) is 33.6 Å². The van der Waals surface area contributed by atoms with E-state index in [9.17, 15) is 0 Å². The highest BCUT2D eigenvalue weighted by atomic mass is 14.5. The maximum Gasteiger partial charge on any atom is 0.0950 e. The van der Waals surface area contributed by atoms with E-state index in [4.69, 9.17) is 11.0 Å². The highest BCUT2D eigenvalue weighted by Crippen LogP contribution is 2.14. The predicted octanol–water partition coefficient (Wildman–Crippen LogP) is 3.09. The van der Waals surface area contributed by atoms with E-state index in [1.165, 1.54) is 5.57 Å². The van der Waals surface area contributed by atoms with E-state index in [0.29, 0.717) is 13.0 Å². The summed E-state index contributed by atoms with van der Waals surface area (Å²) in [5.74, 6) is 0. The van der Waals surface area contributed by atoms with Gasteiger partial charge in [0, 0.05) is 5.57 Å². The van der Waals surface area contributed by atoms with Gasteiger partial charge in [0.15, 0.2) is 0 Å². The summed E-state index contributed by atoms with van der Waals surface area (Å²) in [6.07, 6.45) is 3.58. The number of hydrogen-bond donors (Lipinski definition) is 1. The zero-order chi connectivity index (χ0) is 11.8. The van der Waals surface area contributed by atoms with Crippen molar-refractivity contribution in [3.8, 4) is 6.07 Å². The van der Waals surface area contributed by atoms with Crippen LogP contribution in [0.1, 0.15) is 33.6 Å². The number of rotatable bonds is 5. The first kappa shape index (κ1) is 13.7. The molecular weight excluding hydrogens is 184 g/mol. The van der Waals surface area contributed by atoms with Crippen molar-refractivity contribution in [2.75, 3.05) is 6.54 Å². The molecule has 0 bridgehead atoms. The minimum atomic E-state index is 0.521. The molecule has 2 nitrogen and oxygen atoms in total. The average Bonchev–Trinajstić information content (AvgIpc) is 2.12. The van der Waals surface area contributed by atoms with Gasteiger partial charge >= 0.3 is 0 Å². The van der Waals surface area contributed by atoms with Crippen LogP contribution in [0.2, 0.25) is 0 Å². The van der Waals surface area contributed by atoms with Gasteiger partial charge in [-0.25, -0.2) is 0 Å². The van der Waals surface area contributed by atoms with Crippen LogP contribution in [0.25, 0.3) is 0 Å². The monoisotopic (exact) mass is 204 g/mol. The molecule has 0 amide bonds. The molecule has 0 saturated carbocycles. The molecule has 0 rings (SSSR count). The van der Waals surface area contributed by atoms with Crippen LogP contribution in [0.4, 0.5) is 0 Å². The Balaban J connectivity index is 4.75. The summed E-state index contributed by atoms with van der Waals surface area (Å²) in [7, 11) is 0. The summed E-state index contributed by atoms with van der Waals surface area (Å²) >= 11 is 0. The summed E-state index contributed by atoms with van der Waals surface area (Å²) in [6, 6.07) is 2.19. The summed E-state index contributed by atoms with van der Waals surface area (Å²) in [5.41, 5.74) is 9.59. The van der Waals surface area contributed by atoms with E-state index in [2.05, 4.69) is 19.6 Å². The summed E-state index contributed by atoms with van der Waals surface area (Å²) < 4.78 is 0. The third kappa shape index (κ3) is 5.87. The normalized spacial score (nSPS) is 13.1. The second-order valence-corrected chi connectivity index (χ2v) is 3.94. The van der Waals surface area contributed by atoms with Crippen LogP contribution in [0.15, 0.2) is 34.9 Å². The summed E-state index contributed by atoms with van der Waals surface area (Å²) in [5, 5.41) is 8.91. The van der Waals surface area contributed by atoms with Crippen LogP contribution in [-0.4, -0.2) is 6.54 Å². The topological polar surface area (TPSA) is 49.8 Å². The van der Waals surface area contributed by atoms with Crippen molar-refractivity contribution in [1.82, 2.24) is 0 Å². The highest BCUT2D eigenvalue weighted by molar-refractivity contribution is 5.35. The Hall–Kier alpha value is -1.33. The van der Waals surface area contributed by atoms with Gasteiger partial charge < -0.3 is 5.73 Å². The zero-order valence-corrected chi connectivity index (χ0v) is 9.93. The van der Waals surface area contributed by atoms with Gasteiger partial charge in [-0.15, -0.1) is 0 Å². The van der Waals surface area contributed by atoms with Gasteiger partial charge in [0.25, 0.3) is 0 Å². The lowest BCUT2D eigenvalue weighted by Crippen LogP contribution is -2.00. The molecule has 0 aromatic carbocycles. The molecule has 2 N–H and O–H groups in total. The van der Waals surface area contributed by atoms with Crippen LogP contribution < -0.4 is 5.73 Å². The summed E-state index contributed by atoms with van der Waals surface area (Å²) in [6.45, 7) is 10.4. The molecule has 82 valence electrons. The van der Waals surface area contributed by atoms with Gasteiger partial charge in [0.2, 0.25) is 0 Å². The average molecular weight is 204 g/mol. The maximum absolute atomic E-state index is 8.91. The fourth-order valence-electron chi connectivity index (χ4n) is 1.47. The van der Waals surface area contributed by atoms with Gasteiger partial charge in [-0.2, -0.15) is 5.26 Å². The second-order valence-electron chi connectivity index (χ2n) is 3.94. The molecule has 15 heavy (non-hydrogen) atoms. The first-order chi connectivity index (χ1) is 7.01. The number of hydrogen-bond acceptors (Lipinski definition) is 2. The molecular formula is C13H20N2. The van der Waals surface area contributed by atoms with Crippen molar-refractivity contribution in [3.05, 3.63) is 34.9 Å². The molecule has 0 aliphatic carbocycles. The van der Waals surface area contributed by atoms with Gasteiger partial charge in [0.05, 0.1) is 6.07 Å². The fraction of sp³-hybridized carbons (Fsp3) is 0.462. The van der Waals surface area contributed by atoms with E-state index in [1.54, 1.807) is 0 Å². The van der Waals surface area contributed by atoms with Crippen molar-refractivity contribution >= 4 is 0 Å². The molecule has 0 aliphatic rings. The predicted molar refractivity (Wildman–Crippen MR) is 65.2 cm³/mol. The van der Waals surface area contributed by atoms with Crippen molar-refractivity contribution in [2.24, 2.45) is 5.73 Å². The Kier molecular flexibility index (Phi) is 6.40. The zero-order valence-electron chi connectivity index (χ0n) is 9.93. The van der Waals surface area contributed by atoms with Gasteiger partial charge in [-0.1, -0.05) is 23.8 Å². The quantitative estimate of drug-likeness (QED) is 0.425. The van der Waals surface area contributed by atoms with Crippen LogP contribution in [-0.2, 0) is 0 Å². The van der Waals surface area contributed by atoms with E-state index in [0.717, 1.165) is 23.1 Å². The highest BCUT2D eigenvalue weighted by Gasteiger charge is 1.99. The Bertz CT molecular complexity index is 327. The van der Waals surface area contributed by atoms with Gasteiger partial charge in [-0.3, -0.25) is 0 Å². The van der Waals surface area contributed by atoms with Crippen LogP contribution in [0.3, 0.4) is 0 Å². The molecule has 2 heteroatoms. The molecule has 0 atom stereocenters. The number of nitriles is 1. The minimum Gasteiger partial charge on any atom is -0.330 e. The van der Waals surface area contributed by atoms with Crippen LogP contribution in [0, 0.1) is 11.3 Å². The van der Waals surface area contributed by atoms with Crippen LogP contribution in [0.5, 0.6) is 0 Å². The molecule has 0 unspecified atom stereocenters. The molecule has 0 fully saturated rings. The van der Waals surface area contributed by atoms with Gasteiger partial charge in [0.1, 0.15) is 0 Å². The van der Waals surface area contributed by atoms with Crippen LogP contribution >= 0.6 is 0 Å². The van der Waals surface area contributed by atoms with Crippen molar-refractivity contribution in [3.63, 3.8) is 0 Å². The lowest BCUT2D eigenvalue weighted by atomic mass is 10.0. The standard InChI is InChI=1S/C13H20N2/c1-10(2)7-11(3)8-12(4)13(9-15)5-6-14/h8H,1,5-7,14H2,2-4H3/b11-8-,13-12+. The van der Waals surface area contributed by atoms with Crippen molar-refractivity contribution in [1.29, 1.82) is 5.26 Å². The fourth-order valence-corrected chi connectivity index (χ4v) is 1.47. The number of nitrogens with two attached hydrogens (primary N) is 1. The third-order valence-electron chi connectivity index (χ3n) is 2.05. The van der Waals surface area contributed by atoms with Crippen molar-refractivity contribution < 1.29 is 0 Å². The lowest BCUT2D eigenvalue weighted by molar-refractivity contribution is 0.964. The van der Waals surface area contributed by atoms with E-state index < -0.39 is 0 Å². The molecule has 0 aliphatic heterocycles. The first-order valence-electron chi connectivity index (χ1n) is 5.12. The van der Waals surface area contributed by atoms with E-state index >= 15 is 0 Å². The third-order valence-corrected chi connectivity index (χ3v) is 2.05. The Labute approximate surface area is 92.8 Å². The molecule has 0 aromatic heterocycles. The Morgan fingerprint density at radius 3 is 2.40 bits per heavy atom. The molecule has 0 heterocycles. The minimum absolute atomic E-state index is 0.521. The molecule has 0 saturated heterocycles. The number of allylic oxidation sites excluding steroid dienone is 4. The van der Waals surface area contributed by atoms with E-state index in [-0.39, 0.29) is 0 Å². The number of nitrogens with zero attached hydrogens (tertiary/aromatic N) is 1. The molecule has 0 aromatic rings. The lowest BCUT2D eigenvalue weighted by Gasteiger charge is -2.03. The summed E-state index contributed by atoms with van der Waals surface area (Å²) in [4.78, 5) is 0.